The van der Waals surface area contributed by atoms with Crippen LogP contribution in [0.4, 0.5) is 0 Å². The van der Waals surface area contributed by atoms with E-state index >= 15 is 0 Å². The predicted molar refractivity (Wildman–Crippen MR) is 112 cm³/mol. The SMILES string of the molecule is CCCCC[c-]1ccc(CCCC)c1[SiH2]c1c(C)cc(C)cc1C.[Cl-].[Cl-].[Cl-].[Ti+4]. The summed E-state index contributed by atoms with van der Waals surface area (Å²) in [5, 5.41) is 3.45. The van der Waals surface area contributed by atoms with Gasteiger partial charge in [0.1, 0.15) is 0 Å². The molecule has 0 aliphatic heterocycles. The van der Waals surface area contributed by atoms with Crippen molar-refractivity contribution in [3.63, 3.8) is 0 Å². The number of hydrogen-bond donors (Lipinski definition) is 0. The summed E-state index contributed by atoms with van der Waals surface area (Å²) in [5.74, 6) is 0. The first-order chi connectivity index (χ1) is 11.6. The van der Waals surface area contributed by atoms with Gasteiger partial charge in [-0.25, -0.2) is 6.07 Å². The van der Waals surface area contributed by atoms with Gasteiger partial charge >= 0.3 is 21.7 Å². The molecule has 0 unspecified atom stereocenters. The van der Waals surface area contributed by atoms with E-state index in [0.29, 0.717) is 0 Å². The van der Waals surface area contributed by atoms with Gasteiger partial charge in [-0.05, 0) is 20.8 Å². The summed E-state index contributed by atoms with van der Waals surface area (Å²) in [6.45, 7) is 11.4. The predicted octanol–water partition coefficient (Wildman–Crippen LogP) is -4.46. The third-order valence-corrected chi connectivity index (χ3v) is 8.03. The van der Waals surface area contributed by atoms with Crippen molar-refractivity contribution in [3.8, 4) is 0 Å². The number of aryl methyl sites for hydroxylation is 5. The van der Waals surface area contributed by atoms with Crippen LogP contribution < -0.4 is 47.6 Å². The zero-order valence-corrected chi connectivity index (χ0v) is 23.3. The second-order valence-corrected chi connectivity index (χ2v) is 9.24. The van der Waals surface area contributed by atoms with E-state index in [1.54, 1.807) is 21.5 Å². The first-order valence-electron chi connectivity index (χ1n) is 9.89. The second kappa shape index (κ2) is 17.1. The van der Waals surface area contributed by atoms with E-state index < -0.39 is 0 Å². The van der Waals surface area contributed by atoms with Crippen molar-refractivity contribution in [1.82, 2.24) is 0 Å². The van der Waals surface area contributed by atoms with Crippen LogP contribution in [0.5, 0.6) is 0 Å². The van der Waals surface area contributed by atoms with Gasteiger partial charge in [-0.2, -0.15) is 22.4 Å². The fourth-order valence-electron chi connectivity index (χ4n) is 3.90. The van der Waals surface area contributed by atoms with Crippen LogP contribution in [0.1, 0.15) is 73.8 Å². The van der Waals surface area contributed by atoms with Gasteiger partial charge in [-0.15, -0.1) is 0 Å². The molecule has 0 atom stereocenters. The molecule has 156 valence electrons. The number of hydrogen-bond acceptors (Lipinski definition) is 0. The number of halogens is 3. The Kier molecular flexibility index (Phi) is 20.2. The molecule has 0 N–H and O–H groups in total. The molecule has 0 spiro atoms. The van der Waals surface area contributed by atoms with Gasteiger partial charge in [0.2, 0.25) is 0 Å². The van der Waals surface area contributed by atoms with Gasteiger partial charge in [0.25, 0.3) is 0 Å². The largest absolute Gasteiger partial charge is 4.00 e. The molecule has 0 aliphatic rings. The van der Waals surface area contributed by atoms with Crippen molar-refractivity contribution in [2.45, 2.75) is 79.6 Å². The maximum absolute atomic E-state index is 2.45. The minimum absolute atomic E-state index is 0. The van der Waals surface area contributed by atoms with Gasteiger partial charge < -0.3 is 37.2 Å². The molecule has 2 rings (SSSR count). The Bertz CT molecular complexity index is 645. The van der Waals surface area contributed by atoms with Crippen molar-refractivity contribution >= 4 is 19.9 Å². The zero-order valence-electron chi connectivity index (χ0n) is 18.1. The molecule has 0 fully saturated rings. The zero-order chi connectivity index (χ0) is 17.5. The van der Waals surface area contributed by atoms with Crippen LogP contribution >= 0.6 is 0 Å². The van der Waals surface area contributed by atoms with E-state index in [1.165, 1.54) is 61.6 Å². The first kappa shape index (κ1) is 33.0. The molecule has 0 nitrogen and oxygen atoms in total. The third kappa shape index (κ3) is 9.46. The third-order valence-electron chi connectivity index (χ3n) is 5.30. The average Bonchev–Trinajstić information content (AvgIpc) is 2.91. The number of benzene rings is 1. The van der Waals surface area contributed by atoms with Gasteiger partial charge in [-0.1, -0.05) is 92.8 Å². The van der Waals surface area contributed by atoms with E-state index in [4.69, 9.17) is 0 Å². The molecule has 0 bridgehead atoms. The van der Waals surface area contributed by atoms with Crippen LogP contribution in [-0.2, 0) is 34.6 Å². The molecule has 2 aromatic rings. The van der Waals surface area contributed by atoms with E-state index in [1.807, 2.05) is 0 Å². The maximum Gasteiger partial charge on any atom is 4.00 e. The molecular formula is C23H35Cl3SiTi. The Morgan fingerprint density at radius 2 is 1.43 bits per heavy atom. The van der Waals surface area contributed by atoms with Gasteiger partial charge in [0, 0.05) is 0 Å². The Morgan fingerprint density at radius 1 is 0.857 bits per heavy atom. The molecule has 0 amide bonds. The number of rotatable bonds is 9. The Hall–Kier alpha value is 0.371. The molecule has 2 aromatic carbocycles. The van der Waals surface area contributed by atoms with Crippen LogP contribution in [0, 0.1) is 20.8 Å². The quantitative estimate of drug-likeness (QED) is 0.188. The Morgan fingerprint density at radius 3 is 1.96 bits per heavy atom. The summed E-state index contributed by atoms with van der Waals surface area (Å²) < 4.78 is 0. The van der Waals surface area contributed by atoms with Gasteiger partial charge in [-0.3, -0.25) is 0 Å². The molecule has 0 aromatic heterocycles. The molecular weight excluding hydrogens is 459 g/mol. The molecule has 28 heavy (non-hydrogen) atoms. The summed E-state index contributed by atoms with van der Waals surface area (Å²) in [4.78, 5) is 0. The first-order valence-corrected chi connectivity index (χ1v) is 11.3. The van der Waals surface area contributed by atoms with Crippen LogP contribution in [0.25, 0.3) is 0 Å². The maximum atomic E-state index is 2.45. The fourth-order valence-corrected chi connectivity index (χ4v) is 6.06. The number of unbranched alkanes of at least 4 members (excludes halogenated alkanes) is 3. The standard InChI is InChI=1S/C23H35Si.3ClH.Ti/c1-6-8-10-12-21-14-13-20(11-9-7-2)23(21)24-22-18(4)15-17(3)16-19(22)5;;;;/h13-16H,6-12,24H2,1-5H3;3*1H;/q-1;;;;+4/p-3. The van der Waals surface area contributed by atoms with E-state index in [2.05, 4.69) is 58.9 Å². The van der Waals surface area contributed by atoms with E-state index in [-0.39, 0.29) is 68.5 Å². The van der Waals surface area contributed by atoms with Gasteiger partial charge in [0.05, 0.1) is 9.52 Å². The van der Waals surface area contributed by atoms with Crippen molar-refractivity contribution < 1.29 is 58.9 Å². The van der Waals surface area contributed by atoms with Crippen LogP contribution in [0.2, 0.25) is 0 Å². The topological polar surface area (TPSA) is 0 Å². The van der Waals surface area contributed by atoms with Crippen LogP contribution in [0.15, 0.2) is 24.3 Å². The Balaban J connectivity index is -0.00000156. The molecule has 0 aliphatic carbocycles. The molecule has 0 saturated heterocycles. The summed E-state index contributed by atoms with van der Waals surface area (Å²) >= 11 is 0. The van der Waals surface area contributed by atoms with Crippen molar-refractivity contribution in [1.29, 1.82) is 0 Å². The summed E-state index contributed by atoms with van der Waals surface area (Å²) in [7, 11) is -0.386. The summed E-state index contributed by atoms with van der Waals surface area (Å²) in [6, 6.07) is 9.64. The normalized spacial score (nSPS) is 10.0. The Labute approximate surface area is 209 Å². The van der Waals surface area contributed by atoms with Crippen molar-refractivity contribution in [2.75, 3.05) is 0 Å². The van der Waals surface area contributed by atoms with Crippen molar-refractivity contribution in [2.24, 2.45) is 0 Å². The van der Waals surface area contributed by atoms with E-state index in [9.17, 15) is 0 Å². The monoisotopic (exact) mass is 492 g/mol. The minimum Gasteiger partial charge on any atom is -1.00 e. The second-order valence-electron chi connectivity index (χ2n) is 7.48. The molecule has 0 radical (unpaired) electrons. The van der Waals surface area contributed by atoms with Crippen LogP contribution in [-0.4, -0.2) is 9.52 Å². The smallest absolute Gasteiger partial charge is 1.00 e. The molecule has 0 saturated carbocycles. The fraction of sp³-hybridized carbons (Fsp3) is 0.522. The minimum atomic E-state index is -0.386. The van der Waals surface area contributed by atoms with Crippen LogP contribution in [0.3, 0.4) is 0 Å². The average molecular weight is 494 g/mol. The molecule has 0 heterocycles. The molecule has 5 heteroatoms. The van der Waals surface area contributed by atoms with Crippen molar-refractivity contribution in [3.05, 3.63) is 52.1 Å². The van der Waals surface area contributed by atoms with E-state index in [0.717, 1.165) is 0 Å². The van der Waals surface area contributed by atoms with Gasteiger partial charge in [0.15, 0.2) is 0 Å². The summed E-state index contributed by atoms with van der Waals surface area (Å²) in [6.07, 6.45) is 9.20. The summed E-state index contributed by atoms with van der Waals surface area (Å²) in [5.41, 5.74) is 7.76.